The summed E-state index contributed by atoms with van der Waals surface area (Å²) >= 11 is 0. The van der Waals surface area contributed by atoms with Crippen LogP contribution in [-0.2, 0) is 24.5 Å². The molecule has 3 amide bonds. The van der Waals surface area contributed by atoms with Crippen LogP contribution in [0.1, 0.15) is 36.7 Å². The summed E-state index contributed by atoms with van der Waals surface area (Å²) in [5.74, 6) is -2.93. The average molecular weight is 319 g/mol. The number of carbonyl (C=O) groups excluding carboxylic acids is 4. The maximum absolute atomic E-state index is 12.0. The number of rotatable bonds is 2. The van der Waals surface area contributed by atoms with Crippen molar-refractivity contribution in [2.75, 3.05) is 11.9 Å². The average Bonchev–Trinajstić information content (AvgIpc) is 2.74. The van der Waals surface area contributed by atoms with E-state index in [1.54, 1.807) is 26.8 Å². The first-order valence-electron chi connectivity index (χ1n) is 7.00. The minimum Gasteiger partial charge on any atom is -0.459 e. The third kappa shape index (κ3) is 3.15. The molecule has 0 fully saturated rings. The van der Waals surface area contributed by atoms with Gasteiger partial charge < -0.3 is 10.1 Å². The highest BCUT2D eigenvalue weighted by molar-refractivity contribution is 6.32. The molecule has 1 aromatic rings. The van der Waals surface area contributed by atoms with E-state index in [4.69, 9.17) is 0 Å². The Morgan fingerprint density at radius 3 is 2.57 bits per heavy atom. The normalized spacial score (nSPS) is 14.5. The SMILES string of the molecule is CCOC(=O)C(=O)NNC(=O)c1ccc2c(c1)NC(=O)C2(C)C. The van der Waals surface area contributed by atoms with Crippen molar-refractivity contribution in [3.63, 3.8) is 0 Å². The fraction of sp³-hybridized carbons (Fsp3) is 0.333. The van der Waals surface area contributed by atoms with Gasteiger partial charge in [0.15, 0.2) is 0 Å². The third-order valence-corrected chi connectivity index (χ3v) is 3.52. The molecule has 3 N–H and O–H groups in total. The smallest absolute Gasteiger partial charge is 0.398 e. The standard InChI is InChI=1S/C15H17N3O5/c1-4-23-13(21)12(20)18-17-11(19)8-5-6-9-10(7-8)16-14(22)15(9,2)3/h5-7H,4H2,1-3H3,(H,16,22)(H,17,19)(H,18,20). The Labute approximate surface area is 132 Å². The monoisotopic (exact) mass is 319 g/mol. The highest BCUT2D eigenvalue weighted by atomic mass is 16.5. The van der Waals surface area contributed by atoms with Crippen molar-refractivity contribution in [3.8, 4) is 0 Å². The maximum Gasteiger partial charge on any atom is 0.398 e. The first-order chi connectivity index (χ1) is 10.8. The van der Waals surface area contributed by atoms with E-state index in [-0.39, 0.29) is 18.1 Å². The number of amides is 3. The molecule has 8 heteroatoms. The summed E-state index contributed by atoms with van der Waals surface area (Å²) in [4.78, 5) is 46.3. The summed E-state index contributed by atoms with van der Waals surface area (Å²) in [5, 5.41) is 2.70. The van der Waals surface area contributed by atoms with Gasteiger partial charge in [-0.25, -0.2) is 4.79 Å². The number of benzene rings is 1. The van der Waals surface area contributed by atoms with E-state index < -0.39 is 23.2 Å². The molecule has 122 valence electrons. The maximum atomic E-state index is 12.0. The summed E-state index contributed by atoms with van der Waals surface area (Å²) in [7, 11) is 0. The molecule has 0 saturated carbocycles. The van der Waals surface area contributed by atoms with Crippen LogP contribution in [0.4, 0.5) is 5.69 Å². The molecule has 1 heterocycles. The van der Waals surface area contributed by atoms with E-state index in [1.807, 2.05) is 5.43 Å². The zero-order valence-corrected chi connectivity index (χ0v) is 13.0. The topological polar surface area (TPSA) is 114 Å². The second-order valence-corrected chi connectivity index (χ2v) is 5.47. The Morgan fingerprint density at radius 1 is 1.22 bits per heavy atom. The number of ether oxygens (including phenoxy) is 1. The van der Waals surface area contributed by atoms with E-state index in [0.29, 0.717) is 5.69 Å². The van der Waals surface area contributed by atoms with Gasteiger partial charge in [0.1, 0.15) is 0 Å². The lowest BCUT2D eigenvalue weighted by Gasteiger charge is -2.15. The molecule has 1 aliphatic heterocycles. The van der Waals surface area contributed by atoms with Crippen LogP contribution in [0.5, 0.6) is 0 Å². The summed E-state index contributed by atoms with van der Waals surface area (Å²) in [5.41, 5.74) is 4.96. The third-order valence-electron chi connectivity index (χ3n) is 3.52. The van der Waals surface area contributed by atoms with E-state index in [9.17, 15) is 19.2 Å². The van der Waals surface area contributed by atoms with Crippen molar-refractivity contribution >= 4 is 29.4 Å². The van der Waals surface area contributed by atoms with Crippen molar-refractivity contribution in [3.05, 3.63) is 29.3 Å². The van der Waals surface area contributed by atoms with Crippen molar-refractivity contribution < 1.29 is 23.9 Å². The number of esters is 1. The van der Waals surface area contributed by atoms with Gasteiger partial charge in [0.25, 0.3) is 5.91 Å². The van der Waals surface area contributed by atoms with Crippen LogP contribution in [0.3, 0.4) is 0 Å². The number of nitrogens with one attached hydrogen (secondary N) is 3. The van der Waals surface area contributed by atoms with E-state index >= 15 is 0 Å². The lowest BCUT2D eigenvalue weighted by molar-refractivity contribution is -0.154. The quantitative estimate of drug-likeness (QED) is 0.410. The fourth-order valence-corrected chi connectivity index (χ4v) is 2.17. The van der Waals surface area contributed by atoms with Crippen LogP contribution in [-0.4, -0.2) is 30.3 Å². The predicted octanol–water partition coefficient (Wildman–Crippen LogP) is 0.240. The molecule has 0 aliphatic carbocycles. The molecule has 0 bridgehead atoms. The van der Waals surface area contributed by atoms with Crippen LogP contribution < -0.4 is 16.2 Å². The molecule has 0 unspecified atom stereocenters. The molecular weight excluding hydrogens is 302 g/mol. The van der Waals surface area contributed by atoms with Gasteiger partial charge in [0.05, 0.1) is 12.0 Å². The number of fused-ring (bicyclic) bond motifs is 1. The van der Waals surface area contributed by atoms with Crippen LogP contribution in [0.15, 0.2) is 18.2 Å². The number of anilines is 1. The molecule has 8 nitrogen and oxygen atoms in total. The van der Waals surface area contributed by atoms with Crippen molar-refractivity contribution in [1.29, 1.82) is 0 Å². The van der Waals surface area contributed by atoms with Gasteiger partial charge in [-0.3, -0.25) is 25.2 Å². The highest BCUT2D eigenvalue weighted by Crippen LogP contribution is 2.37. The fourth-order valence-electron chi connectivity index (χ4n) is 2.17. The largest absolute Gasteiger partial charge is 0.459 e. The zero-order valence-electron chi connectivity index (χ0n) is 13.0. The van der Waals surface area contributed by atoms with Crippen LogP contribution in [0, 0.1) is 0 Å². The molecule has 23 heavy (non-hydrogen) atoms. The van der Waals surface area contributed by atoms with Crippen molar-refractivity contribution in [1.82, 2.24) is 10.9 Å². The Balaban J connectivity index is 2.05. The molecule has 0 saturated heterocycles. The molecule has 1 aliphatic rings. The van der Waals surface area contributed by atoms with Gasteiger partial charge in [0, 0.05) is 11.3 Å². The van der Waals surface area contributed by atoms with Crippen molar-refractivity contribution in [2.24, 2.45) is 0 Å². The molecule has 0 aromatic heterocycles. The van der Waals surface area contributed by atoms with Crippen LogP contribution in [0.2, 0.25) is 0 Å². The number of hydrogen-bond donors (Lipinski definition) is 3. The Bertz CT molecular complexity index is 696. The molecule has 0 radical (unpaired) electrons. The number of hydrazine groups is 1. The minimum atomic E-state index is -1.09. The number of carbonyl (C=O) groups is 4. The molecule has 0 spiro atoms. The first-order valence-corrected chi connectivity index (χ1v) is 7.00. The molecular formula is C15H17N3O5. The zero-order chi connectivity index (χ0) is 17.2. The summed E-state index contributed by atoms with van der Waals surface area (Å²) in [6.07, 6.45) is 0. The lowest BCUT2D eigenvalue weighted by atomic mass is 9.86. The van der Waals surface area contributed by atoms with E-state index in [2.05, 4.69) is 15.5 Å². The van der Waals surface area contributed by atoms with Gasteiger partial charge in [0.2, 0.25) is 5.91 Å². The van der Waals surface area contributed by atoms with E-state index in [1.165, 1.54) is 12.1 Å². The molecule has 1 aromatic carbocycles. The van der Waals surface area contributed by atoms with Gasteiger partial charge in [-0.05, 0) is 38.5 Å². The Morgan fingerprint density at radius 2 is 1.91 bits per heavy atom. The second-order valence-electron chi connectivity index (χ2n) is 5.47. The minimum absolute atomic E-state index is 0.0561. The number of hydrogen-bond acceptors (Lipinski definition) is 5. The highest BCUT2D eigenvalue weighted by Gasteiger charge is 2.38. The van der Waals surface area contributed by atoms with Crippen LogP contribution >= 0.6 is 0 Å². The van der Waals surface area contributed by atoms with Gasteiger partial charge in [-0.2, -0.15) is 0 Å². The van der Waals surface area contributed by atoms with Gasteiger partial charge >= 0.3 is 11.9 Å². The summed E-state index contributed by atoms with van der Waals surface area (Å²) < 4.78 is 4.49. The van der Waals surface area contributed by atoms with Gasteiger partial charge in [-0.1, -0.05) is 6.07 Å². The second kappa shape index (κ2) is 6.07. The molecule has 0 atom stereocenters. The Hall–Kier alpha value is -2.90. The predicted molar refractivity (Wildman–Crippen MR) is 80.3 cm³/mol. The van der Waals surface area contributed by atoms with E-state index in [0.717, 1.165) is 5.56 Å². The van der Waals surface area contributed by atoms with Gasteiger partial charge in [-0.15, -0.1) is 0 Å². The summed E-state index contributed by atoms with van der Waals surface area (Å²) in [6.45, 7) is 5.19. The summed E-state index contributed by atoms with van der Waals surface area (Å²) in [6, 6.07) is 4.72. The van der Waals surface area contributed by atoms with Crippen molar-refractivity contribution in [2.45, 2.75) is 26.2 Å². The lowest BCUT2D eigenvalue weighted by Crippen LogP contribution is -2.45. The Kier molecular flexibility index (Phi) is 4.35. The first kappa shape index (κ1) is 16.5. The van der Waals surface area contributed by atoms with Crippen LogP contribution in [0.25, 0.3) is 0 Å². The molecule has 2 rings (SSSR count).